The average molecular weight is 296 g/mol. The van der Waals surface area contributed by atoms with Crippen LogP contribution < -0.4 is 5.73 Å². The molecule has 0 radical (unpaired) electrons. The highest BCUT2D eigenvalue weighted by molar-refractivity contribution is 5.80. The molecule has 2 fully saturated rings. The molecule has 2 saturated heterocycles. The molecule has 120 valence electrons. The van der Waals surface area contributed by atoms with Crippen molar-refractivity contribution in [2.45, 2.75) is 38.1 Å². The third-order valence-corrected chi connectivity index (χ3v) is 4.68. The predicted octanol–water partition coefficient (Wildman–Crippen LogP) is 0.720. The number of carbonyl (C=O) groups is 2. The van der Waals surface area contributed by atoms with Gasteiger partial charge >= 0.3 is 6.03 Å². The van der Waals surface area contributed by atoms with Gasteiger partial charge in [0.2, 0.25) is 5.91 Å². The standard InChI is InChI=1S/C15H28N4O2/c1-17(2)15(21)18-9-6-12(7-10-18)14(20)19-8-4-3-5-13(19)11-16/h12-13H,3-11,16H2,1-2H3. The molecule has 0 aromatic carbocycles. The summed E-state index contributed by atoms with van der Waals surface area (Å²) < 4.78 is 0. The minimum absolute atomic E-state index is 0.0405. The zero-order chi connectivity index (χ0) is 15.4. The quantitative estimate of drug-likeness (QED) is 0.816. The van der Waals surface area contributed by atoms with E-state index < -0.39 is 0 Å². The first-order chi connectivity index (χ1) is 10.0. The van der Waals surface area contributed by atoms with Gasteiger partial charge in [-0.05, 0) is 32.1 Å². The highest BCUT2D eigenvalue weighted by atomic mass is 16.2. The Labute approximate surface area is 127 Å². The Bertz CT molecular complexity index is 378. The SMILES string of the molecule is CN(C)C(=O)N1CCC(C(=O)N2CCCCC2CN)CC1. The van der Waals surface area contributed by atoms with E-state index in [1.54, 1.807) is 19.0 Å². The maximum Gasteiger partial charge on any atom is 0.319 e. The van der Waals surface area contributed by atoms with Crippen LogP contribution in [0.5, 0.6) is 0 Å². The van der Waals surface area contributed by atoms with Crippen molar-refractivity contribution in [1.29, 1.82) is 0 Å². The second-order valence-corrected chi connectivity index (χ2v) is 6.36. The Morgan fingerprint density at radius 1 is 1.10 bits per heavy atom. The molecule has 2 aliphatic rings. The summed E-state index contributed by atoms with van der Waals surface area (Å²) in [6, 6.07) is 0.256. The summed E-state index contributed by atoms with van der Waals surface area (Å²) in [6.07, 6.45) is 4.82. The first-order valence-electron chi connectivity index (χ1n) is 8.01. The fourth-order valence-electron chi connectivity index (χ4n) is 3.37. The molecule has 6 nitrogen and oxygen atoms in total. The van der Waals surface area contributed by atoms with E-state index in [1.807, 2.05) is 9.80 Å². The monoisotopic (exact) mass is 296 g/mol. The summed E-state index contributed by atoms with van der Waals surface area (Å²) in [4.78, 5) is 30.0. The molecular weight excluding hydrogens is 268 g/mol. The molecule has 2 heterocycles. The van der Waals surface area contributed by atoms with E-state index in [9.17, 15) is 9.59 Å². The van der Waals surface area contributed by atoms with Crippen molar-refractivity contribution in [3.8, 4) is 0 Å². The summed E-state index contributed by atoms with van der Waals surface area (Å²) >= 11 is 0. The summed E-state index contributed by atoms with van der Waals surface area (Å²) in [5, 5.41) is 0. The van der Waals surface area contributed by atoms with E-state index in [1.165, 1.54) is 6.42 Å². The number of rotatable bonds is 2. The Morgan fingerprint density at radius 3 is 2.33 bits per heavy atom. The van der Waals surface area contributed by atoms with Crippen LogP contribution in [0.15, 0.2) is 0 Å². The van der Waals surface area contributed by atoms with Crippen molar-refractivity contribution in [2.24, 2.45) is 11.7 Å². The number of hydrogen-bond acceptors (Lipinski definition) is 3. The average Bonchev–Trinajstić information content (AvgIpc) is 2.53. The van der Waals surface area contributed by atoms with Gasteiger partial charge in [-0.25, -0.2) is 4.79 Å². The highest BCUT2D eigenvalue weighted by Crippen LogP contribution is 2.24. The fourth-order valence-corrected chi connectivity index (χ4v) is 3.37. The molecule has 2 rings (SSSR count). The third kappa shape index (κ3) is 3.67. The van der Waals surface area contributed by atoms with Crippen molar-refractivity contribution < 1.29 is 9.59 Å². The number of likely N-dealkylation sites (tertiary alicyclic amines) is 2. The summed E-state index contributed by atoms with van der Waals surface area (Å²) in [7, 11) is 3.53. The van der Waals surface area contributed by atoms with Gasteiger partial charge in [0.1, 0.15) is 0 Å². The second kappa shape index (κ2) is 7.11. The first kappa shape index (κ1) is 16.1. The van der Waals surface area contributed by atoms with Gasteiger partial charge in [0.25, 0.3) is 0 Å². The molecule has 0 spiro atoms. The van der Waals surface area contributed by atoms with Crippen molar-refractivity contribution in [1.82, 2.24) is 14.7 Å². The number of carbonyl (C=O) groups excluding carboxylic acids is 2. The lowest BCUT2D eigenvalue weighted by Gasteiger charge is -2.40. The lowest BCUT2D eigenvalue weighted by molar-refractivity contribution is -0.140. The Morgan fingerprint density at radius 2 is 1.76 bits per heavy atom. The molecular formula is C15H28N4O2. The number of piperidine rings is 2. The lowest BCUT2D eigenvalue weighted by atomic mass is 9.92. The molecule has 0 aromatic heterocycles. The van der Waals surface area contributed by atoms with Crippen LogP contribution >= 0.6 is 0 Å². The minimum Gasteiger partial charge on any atom is -0.338 e. The van der Waals surface area contributed by atoms with Crippen LogP contribution in [0, 0.1) is 5.92 Å². The summed E-state index contributed by atoms with van der Waals surface area (Å²) in [5.74, 6) is 0.311. The minimum atomic E-state index is 0.0405. The molecule has 0 saturated carbocycles. The zero-order valence-corrected chi connectivity index (χ0v) is 13.3. The predicted molar refractivity (Wildman–Crippen MR) is 81.8 cm³/mol. The molecule has 21 heavy (non-hydrogen) atoms. The van der Waals surface area contributed by atoms with Gasteiger partial charge in [0, 0.05) is 52.2 Å². The van der Waals surface area contributed by atoms with E-state index in [-0.39, 0.29) is 23.9 Å². The molecule has 0 aliphatic carbocycles. The Balaban J connectivity index is 1.89. The van der Waals surface area contributed by atoms with Crippen LogP contribution in [-0.2, 0) is 4.79 Å². The first-order valence-corrected chi connectivity index (χ1v) is 8.01. The molecule has 1 atom stereocenters. The van der Waals surface area contributed by atoms with Crippen LogP contribution in [-0.4, -0.2) is 73.0 Å². The number of urea groups is 1. The number of nitrogens with two attached hydrogens (primary N) is 1. The Hall–Kier alpha value is -1.30. The third-order valence-electron chi connectivity index (χ3n) is 4.68. The number of nitrogens with zero attached hydrogens (tertiary/aromatic N) is 3. The number of amides is 3. The molecule has 1 unspecified atom stereocenters. The van der Waals surface area contributed by atoms with Gasteiger partial charge in [-0.15, -0.1) is 0 Å². The largest absolute Gasteiger partial charge is 0.338 e. The Kier molecular flexibility index (Phi) is 5.45. The van der Waals surface area contributed by atoms with E-state index in [4.69, 9.17) is 5.73 Å². The summed E-state index contributed by atoms with van der Waals surface area (Å²) in [5.41, 5.74) is 5.80. The molecule has 2 N–H and O–H groups in total. The summed E-state index contributed by atoms with van der Waals surface area (Å²) in [6.45, 7) is 2.75. The normalized spacial score (nSPS) is 24.0. The van der Waals surface area contributed by atoms with Gasteiger partial charge < -0.3 is 20.4 Å². The maximum atomic E-state index is 12.7. The van der Waals surface area contributed by atoms with E-state index >= 15 is 0 Å². The zero-order valence-electron chi connectivity index (χ0n) is 13.3. The molecule has 6 heteroatoms. The van der Waals surface area contributed by atoms with Crippen LogP contribution in [0.2, 0.25) is 0 Å². The number of hydrogen-bond donors (Lipinski definition) is 1. The van der Waals surface area contributed by atoms with Crippen molar-refractivity contribution >= 4 is 11.9 Å². The van der Waals surface area contributed by atoms with Crippen LogP contribution in [0.25, 0.3) is 0 Å². The van der Waals surface area contributed by atoms with Crippen molar-refractivity contribution in [2.75, 3.05) is 40.3 Å². The molecule has 3 amide bonds. The fraction of sp³-hybridized carbons (Fsp3) is 0.867. The van der Waals surface area contributed by atoms with E-state index in [0.717, 1.165) is 32.2 Å². The molecule has 0 aromatic rings. The van der Waals surface area contributed by atoms with Gasteiger partial charge in [-0.2, -0.15) is 0 Å². The van der Waals surface area contributed by atoms with E-state index in [0.29, 0.717) is 19.6 Å². The van der Waals surface area contributed by atoms with Crippen molar-refractivity contribution in [3.63, 3.8) is 0 Å². The topological polar surface area (TPSA) is 69.9 Å². The van der Waals surface area contributed by atoms with Crippen LogP contribution in [0.1, 0.15) is 32.1 Å². The smallest absolute Gasteiger partial charge is 0.319 e. The lowest BCUT2D eigenvalue weighted by Crippen LogP contribution is -2.52. The van der Waals surface area contributed by atoms with Crippen LogP contribution in [0.3, 0.4) is 0 Å². The van der Waals surface area contributed by atoms with Gasteiger partial charge in [-0.3, -0.25) is 4.79 Å². The second-order valence-electron chi connectivity index (χ2n) is 6.36. The van der Waals surface area contributed by atoms with Crippen molar-refractivity contribution in [3.05, 3.63) is 0 Å². The maximum absolute atomic E-state index is 12.7. The molecule has 2 aliphatic heterocycles. The van der Waals surface area contributed by atoms with Gasteiger partial charge in [0.05, 0.1) is 0 Å². The van der Waals surface area contributed by atoms with E-state index in [2.05, 4.69) is 0 Å². The van der Waals surface area contributed by atoms with Gasteiger partial charge in [0.15, 0.2) is 0 Å². The van der Waals surface area contributed by atoms with Crippen LogP contribution in [0.4, 0.5) is 4.79 Å². The molecule has 0 bridgehead atoms. The van der Waals surface area contributed by atoms with Gasteiger partial charge in [-0.1, -0.05) is 0 Å². The highest BCUT2D eigenvalue weighted by Gasteiger charge is 2.33.